The molecule has 1 fully saturated rings. The topological polar surface area (TPSA) is 59.4 Å². The van der Waals surface area contributed by atoms with E-state index >= 15 is 0 Å². The molecule has 0 unspecified atom stereocenters. The van der Waals surface area contributed by atoms with Gasteiger partial charge in [0, 0.05) is 33.1 Å². The van der Waals surface area contributed by atoms with Crippen molar-refractivity contribution in [1.82, 2.24) is 20.0 Å². The Morgan fingerprint density at radius 1 is 1.53 bits per heavy atom. The van der Waals surface area contributed by atoms with Gasteiger partial charge in [-0.25, -0.2) is 0 Å². The lowest BCUT2D eigenvalue weighted by Gasteiger charge is -2.37. The Morgan fingerprint density at radius 3 is 2.84 bits per heavy atom. The third-order valence-electron chi connectivity index (χ3n) is 3.76. The first-order valence-electron chi connectivity index (χ1n) is 6.67. The van der Waals surface area contributed by atoms with Gasteiger partial charge >= 0.3 is 0 Å². The monoisotopic (exact) mass is 266 g/mol. The number of ether oxygens (including phenoxy) is 1. The summed E-state index contributed by atoms with van der Waals surface area (Å²) in [6, 6.07) is 1.88. The van der Waals surface area contributed by atoms with Crippen LogP contribution < -0.4 is 5.32 Å². The highest BCUT2D eigenvalue weighted by Crippen LogP contribution is 2.24. The molecule has 1 N–H and O–H groups in total. The van der Waals surface area contributed by atoms with Gasteiger partial charge in [-0.15, -0.1) is 0 Å². The molecule has 0 radical (unpaired) electrons. The molecule has 0 atom stereocenters. The van der Waals surface area contributed by atoms with E-state index in [1.807, 2.05) is 24.0 Å². The number of carbonyl (C=O) groups excluding carboxylic acids is 1. The van der Waals surface area contributed by atoms with Crippen LogP contribution in [0.4, 0.5) is 0 Å². The van der Waals surface area contributed by atoms with E-state index in [2.05, 4.69) is 10.4 Å². The van der Waals surface area contributed by atoms with E-state index in [4.69, 9.17) is 4.74 Å². The van der Waals surface area contributed by atoms with Crippen LogP contribution in [0.1, 0.15) is 12.8 Å². The zero-order chi connectivity index (χ0) is 13.7. The van der Waals surface area contributed by atoms with Gasteiger partial charge in [0.1, 0.15) is 5.60 Å². The number of piperidine rings is 1. The number of methoxy groups -OCH3 is 1. The smallest absolute Gasteiger partial charge is 0.254 e. The average molecular weight is 266 g/mol. The van der Waals surface area contributed by atoms with Gasteiger partial charge in [-0.3, -0.25) is 9.48 Å². The summed E-state index contributed by atoms with van der Waals surface area (Å²) >= 11 is 0. The van der Waals surface area contributed by atoms with Crippen LogP contribution in [-0.2, 0) is 16.1 Å². The highest BCUT2D eigenvalue weighted by Gasteiger charge is 2.41. The van der Waals surface area contributed by atoms with Crippen molar-refractivity contribution in [2.45, 2.75) is 25.0 Å². The van der Waals surface area contributed by atoms with Gasteiger partial charge in [-0.2, -0.15) is 5.10 Å². The predicted molar refractivity (Wildman–Crippen MR) is 71.7 cm³/mol. The molecule has 1 aromatic heterocycles. The van der Waals surface area contributed by atoms with Crippen LogP contribution in [0.25, 0.3) is 0 Å². The average Bonchev–Trinajstić information content (AvgIpc) is 2.98. The second-order valence-electron chi connectivity index (χ2n) is 4.94. The highest BCUT2D eigenvalue weighted by molar-refractivity contribution is 5.85. The summed E-state index contributed by atoms with van der Waals surface area (Å²) in [5.74, 6) is 0.0728. The first kappa shape index (κ1) is 14.0. The van der Waals surface area contributed by atoms with Crippen molar-refractivity contribution < 1.29 is 9.53 Å². The Balaban J connectivity index is 1.93. The fraction of sp³-hybridized carbons (Fsp3) is 0.692. The SMILES string of the molecule is COC1(C(=O)N(C)CCn2cccn2)CCNCC1. The lowest BCUT2D eigenvalue weighted by molar-refractivity contribution is -0.157. The van der Waals surface area contributed by atoms with Crippen molar-refractivity contribution >= 4 is 5.91 Å². The number of carbonyl (C=O) groups is 1. The van der Waals surface area contributed by atoms with Crippen LogP contribution in [0.3, 0.4) is 0 Å². The van der Waals surface area contributed by atoms with Crippen molar-refractivity contribution in [1.29, 1.82) is 0 Å². The third-order valence-corrected chi connectivity index (χ3v) is 3.76. The van der Waals surface area contributed by atoms with Crippen molar-refractivity contribution in [3.05, 3.63) is 18.5 Å². The molecule has 0 saturated carbocycles. The molecule has 0 spiro atoms. The van der Waals surface area contributed by atoms with E-state index in [0.29, 0.717) is 13.1 Å². The number of hydrogen-bond donors (Lipinski definition) is 1. The van der Waals surface area contributed by atoms with Crippen molar-refractivity contribution in [3.63, 3.8) is 0 Å². The summed E-state index contributed by atoms with van der Waals surface area (Å²) in [5.41, 5.74) is -0.649. The van der Waals surface area contributed by atoms with Crippen LogP contribution in [0.15, 0.2) is 18.5 Å². The number of nitrogens with one attached hydrogen (secondary N) is 1. The van der Waals surface area contributed by atoms with E-state index in [1.54, 1.807) is 18.2 Å². The Kier molecular flexibility index (Phi) is 4.55. The highest BCUT2D eigenvalue weighted by atomic mass is 16.5. The van der Waals surface area contributed by atoms with Gasteiger partial charge < -0.3 is 15.0 Å². The number of likely N-dealkylation sites (N-methyl/N-ethyl adjacent to an activating group) is 1. The maximum absolute atomic E-state index is 12.6. The zero-order valence-corrected chi connectivity index (χ0v) is 11.6. The molecule has 106 valence electrons. The molecule has 0 bridgehead atoms. The van der Waals surface area contributed by atoms with Crippen LogP contribution >= 0.6 is 0 Å². The standard InChI is InChI=1S/C13H22N4O2/c1-16(10-11-17-9-3-6-15-17)12(18)13(19-2)4-7-14-8-5-13/h3,6,9,14H,4-5,7-8,10-11H2,1-2H3. The summed E-state index contributed by atoms with van der Waals surface area (Å²) in [6.45, 7) is 2.99. The third kappa shape index (κ3) is 3.13. The Bertz CT molecular complexity index is 399. The first-order chi connectivity index (χ1) is 9.18. The van der Waals surface area contributed by atoms with E-state index < -0.39 is 5.60 Å². The molecule has 6 heteroatoms. The molecular weight excluding hydrogens is 244 g/mol. The minimum atomic E-state index is -0.649. The maximum Gasteiger partial charge on any atom is 0.254 e. The van der Waals surface area contributed by atoms with Gasteiger partial charge in [0.15, 0.2) is 0 Å². The quantitative estimate of drug-likeness (QED) is 0.822. The normalized spacial score (nSPS) is 18.2. The summed E-state index contributed by atoms with van der Waals surface area (Å²) in [6.07, 6.45) is 5.10. The fourth-order valence-electron chi connectivity index (χ4n) is 2.47. The van der Waals surface area contributed by atoms with Crippen LogP contribution in [0.5, 0.6) is 0 Å². The van der Waals surface area contributed by atoms with Gasteiger partial charge in [-0.05, 0) is 32.0 Å². The minimum absolute atomic E-state index is 0.0728. The van der Waals surface area contributed by atoms with E-state index in [9.17, 15) is 4.79 Å². The second-order valence-corrected chi connectivity index (χ2v) is 4.94. The number of rotatable bonds is 5. The van der Waals surface area contributed by atoms with Gasteiger partial charge in [0.05, 0.1) is 6.54 Å². The van der Waals surface area contributed by atoms with Crippen molar-refractivity contribution in [2.75, 3.05) is 33.8 Å². The summed E-state index contributed by atoms with van der Waals surface area (Å²) in [5, 5.41) is 7.39. The molecule has 0 aromatic carbocycles. The Morgan fingerprint density at radius 2 is 2.26 bits per heavy atom. The van der Waals surface area contributed by atoms with Gasteiger partial charge in [0.2, 0.25) is 0 Å². The predicted octanol–water partition coefficient (Wildman–Crippen LogP) is 0.110. The molecule has 2 heterocycles. The lowest BCUT2D eigenvalue weighted by atomic mass is 9.90. The van der Waals surface area contributed by atoms with Crippen LogP contribution in [0, 0.1) is 0 Å². The Labute approximate surface area is 113 Å². The summed E-state index contributed by atoms with van der Waals surface area (Å²) < 4.78 is 7.37. The van der Waals surface area contributed by atoms with Gasteiger partial charge in [-0.1, -0.05) is 0 Å². The molecule has 1 aromatic rings. The Hall–Kier alpha value is -1.40. The lowest BCUT2D eigenvalue weighted by Crippen LogP contribution is -2.54. The number of aromatic nitrogens is 2. The molecule has 19 heavy (non-hydrogen) atoms. The summed E-state index contributed by atoms with van der Waals surface area (Å²) in [4.78, 5) is 14.3. The number of amides is 1. The maximum atomic E-state index is 12.6. The minimum Gasteiger partial charge on any atom is -0.368 e. The molecule has 2 rings (SSSR count). The summed E-state index contributed by atoms with van der Waals surface area (Å²) in [7, 11) is 3.46. The molecule has 1 aliphatic heterocycles. The van der Waals surface area contributed by atoms with E-state index in [0.717, 1.165) is 25.9 Å². The molecule has 1 aliphatic rings. The number of nitrogens with zero attached hydrogens (tertiary/aromatic N) is 3. The molecular formula is C13H22N4O2. The fourth-order valence-corrected chi connectivity index (χ4v) is 2.47. The molecule has 6 nitrogen and oxygen atoms in total. The van der Waals surface area contributed by atoms with Crippen molar-refractivity contribution in [3.8, 4) is 0 Å². The second kappa shape index (κ2) is 6.16. The van der Waals surface area contributed by atoms with Crippen molar-refractivity contribution in [2.24, 2.45) is 0 Å². The van der Waals surface area contributed by atoms with Crippen LogP contribution in [-0.4, -0.2) is 60.0 Å². The molecule has 1 amide bonds. The van der Waals surface area contributed by atoms with Crippen LogP contribution in [0.2, 0.25) is 0 Å². The van der Waals surface area contributed by atoms with Gasteiger partial charge in [0.25, 0.3) is 5.91 Å². The molecule has 0 aliphatic carbocycles. The first-order valence-corrected chi connectivity index (χ1v) is 6.67. The zero-order valence-electron chi connectivity index (χ0n) is 11.6. The number of hydrogen-bond acceptors (Lipinski definition) is 4. The largest absolute Gasteiger partial charge is 0.368 e. The molecule has 1 saturated heterocycles. The van der Waals surface area contributed by atoms with E-state index in [-0.39, 0.29) is 5.91 Å². The van der Waals surface area contributed by atoms with E-state index in [1.165, 1.54) is 0 Å².